The second-order valence-corrected chi connectivity index (χ2v) is 6.17. The molecule has 0 aliphatic carbocycles. The maximum absolute atomic E-state index is 12.1. The molecule has 0 fully saturated rings. The average molecular weight is 370 g/mol. The smallest absolute Gasteiger partial charge is 0.337 e. The van der Waals surface area contributed by atoms with Crippen molar-refractivity contribution in [2.75, 3.05) is 7.11 Å². The molecule has 0 saturated heterocycles. The van der Waals surface area contributed by atoms with Crippen molar-refractivity contribution in [2.24, 2.45) is 0 Å². The molecular weight excluding hydrogens is 356 g/mol. The third-order valence-corrected chi connectivity index (χ3v) is 4.29. The molecule has 3 rings (SSSR count). The third-order valence-electron chi connectivity index (χ3n) is 3.45. The van der Waals surface area contributed by atoms with E-state index in [-0.39, 0.29) is 23.6 Å². The van der Waals surface area contributed by atoms with E-state index in [4.69, 9.17) is 4.74 Å². The van der Waals surface area contributed by atoms with Gasteiger partial charge in [0.1, 0.15) is 12.4 Å². The molecule has 8 heteroatoms. The van der Waals surface area contributed by atoms with Gasteiger partial charge in [-0.2, -0.15) is 0 Å². The second kappa shape index (κ2) is 7.75. The Kier molecular flexibility index (Phi) is 5.23. The molecule has 0 saturated carbocycles. The minimum atomic E-state index is -0.551. The number of benzene rings is 1. The summed E-state index contributed by atoms with van der Waals surface area (Å²) in [7, 11) is 1.27. The standard InChI is InChI=1S/C18H14N2O5S/c1-24-18(23)11-4-6-13-14(9-11)19-15(20-17(13)22)10-25-16(21)7-5-12-3-2-8-26-12/h2-9H,10H2,1H3,(H,19,20,22). The van der Waals surface area contributed by atoms with Crippen LogP contribution < -0.4 is 5.56 Å². The number of hydrogen-bond acceptors (Lipinski definition) is 7. The zero-order chi connectivity index (χ0) is 18.5. The summed E-state index contributed by atoms with van der Waals surface area (Å²) >= 11 is 1.50. The van der Waals surface area contributed by atoms with Gasteiger partial charge in [-0.1, -0.05) is 6.07 Å². The Morgan fingerprint density at radius 2 is 2.15 bits per heavy atom. The average Bonchev–Trinajstić information content (AvgIpc) is 3.17. The van der Waals surface area contributed by atoms with Crippen molar-refractivity contribution in [1.82, 2.24) is 9.97 Å². The molecule has 0 amide bonds. The number of ether oxygens (including phenoxy) is 2. The van der Waals surface area contributed by atoms with Gasteiger partial charge in [-0.25, -0.2) is 14.6 Å². The van der Waals surface area contributed by atoms with Crippen LogP contribution in [0, 0.1) is 0 Å². The summed E-state index contributed by atoms with van der Waals surface area (Å²) in [4.78, 5) is 43.2. The zero-order valence-corrected chi connectivity index (χ0v) is 14.5. The number of rotatable bonds is 5. The van der Waals surface area contributed by atoms with Crippen LogP contribution in [0.4, 0.5) is 0 Å². The third kappa shape index (κ3) is 4.04. The van der Waals surface area contributed by atoms with Crippen LogP contribution in [0.25, 0.3) is 17.0 Å². The molecule has 26 heavy (non-hydrogen) atoms. The highest BCUT2D eigenvalue weighted by molar-refractivity contribution is 7.10. The number of aromatic amines is 1. The van der Waals surface area contributed by atoms with Gasteiger partial charge in [0.05, 0.1) is 23.6 Å². The summed E-state index contributed by atoms with van der Waals surface area (Å²) < 4.78 is 9.74. The molecule has 0 atom stereocenters. The van der Waals surface area contributed by atoms with E-state index >= 15 is 0 Å². The molecule has 1 N–H and O–H groups in total. The van der Waals surface area contributed by atoms with Gasteiger partial charge >= 0.3 is 11.9 Å². The van der Waals surface area contributed by atoms with Crippen molar-refractivity contribution < 1.29 is 19.1 Å². The van der Waals surface area contributed by atoms with Gasteiger partial charge in [-0.3, -0.25) is 4.79 Å². The van der Waals surface area contributed by atoms with Crippen LogP contribution in [-0.2, 0) is 20.9 Å². The van der Waals surface area contributed by atoms with Gasteiger partial charge < -0.3 is 14.5 Å². The summed E-state index contributed by atoms with van der Waals surface area (Å²) in [5.74, 6) is -0.896. The van der Waals surface area contributed by atoms with Crippen LogP contribution in [0.5, 0.6) is 0 Å². The van der Waals surface area contributed by atoms with Crippen molar-refractivity contribution in [1.29, 1.82) is 0 Å². The van der Waals surface area contributed by atoms with Gasteiger partial charge in [0.25, 0.3) is 5.56 Å². The van der Waals surface area contributed by atoms with Gasteiger partial charge in [-0.05, 0) is 35.7 Å². The maximum Gasteiger partial charge on any atom is 0.337 e. The first kappa shape index (κ1) is 17.6. The van der Waals surface area contributed by atoms with Gasteiger partial charge in [-0.15, -0.1) is 11.3 Å². The predicted octanol–water partition coefficient (Wildman–Crippen LogP) is 2.53. The Morgan fingerprint density at radius 3 is 2.88 bits per heavy atom. The lowest BCUT2D eigenvalue weighted by Gasteiger charge is -2.05. The number of nitrogens with zero attached hydrogens (tertiary/aromatic N) is 1. The van der Waals surface area contributed by atoms with Gasteiger partial charge in [0.2, 0.25) is 0 Å². The number of fused-ring (bicyclic) bond motifs is 1. The highest BCUT2D eigenvalue weighted by Gasteiger charge is 2.10. The van der Waals surface area contributed by atoms with Crippen molar-refractivity contribution in [3.63, 3.8) is 0 Å². The van der Waals surface area contributed by atoms with E-state index < -0.39 is 11.9 Å². The van der Waals surface area contributed by atoms with E-state index in [0.717, 1.165) is 4.88 Å². The number of thiophene rings is 1. The van der Waals surface area contributed by atoms with Crippen LogP contribution in [0.1, 0.15) is 21.1 Å². The van der Waals surface area contributed by atoms with Crippen molar-refractivity contribution in [2.45, 2.75) is 6.61 Å². The summed E-state index contributed by atoms with van der Waals surface area (Å²) in [6, 6.07) is 8.18. The quantitative estimate of drug-likeness (QED) is 0.547. The molecular formula is C18H14N2O5S. The summed E-state index contributed by atoms with van der Waals surface area (Å²) in [6.07, 6.45) is 2.95. The number of hydrogen-bond donors (Lipinski definition) is 1. The molecule has 1 aromatic carbocycles. The Bertz CT molecular complexity index is 1040. The SMILES string of the molecule is COC(=O)c1ccc2c(=O)[nH]c(COC(=O)C=Cc3cccs3)nc2c1. The molecule has 0 bridgehead atoms. The zero-order valence-electron chi connectivity index (χ0n) is 13.7. The van der Waals surface area contributed by atoms with E-state index in [9.17, 15) is 14.4 Å². The number of aromatic nitrogens is 2. The highest BCUT2D eigenvalue weighted by atomic mass is 32.1. The van der Waals surface area contributed by atoms with Gasteiger partial charge in [0.15, 0.2) is 0 Å². The lowest BCUT2D eigenvalue weighted by atomic mass is 10.1. The molecule has 3 aromatic rings. The Morgan fingerprint density at radius 1 is 1.31 bits per heavy atom. The first-order valence-corrected chi connectivity index (χ1v) is 8.44. The van der Waals surface area contributed by atoms with E-state index in [0.29, 0.717) is 10.9 Å². The summed E-state index contributed by atoms with van der Waals surface area (Å²) in [5, 5.41) is 2.22. The fourth-order valence-corrected chi connectivity index (χ4v) is 2.84. The first-order chi connectivity index (χ1) is 12.6. The summed E-state index contributed by atoms with van der Waals surface area (Å²) in [6.45, 7) is -0.193. The van der Waals surface area contributed by atoms with Gasteiger partial charge in [0, 0.05) is 11.0 Å². The second-order valence-electron chi connectivity index (χ2n) is 5.19. The molecule has 0 aliphatic rings. The molecule has 7 nitrogen and oxygen atoms in total. The number of H-pyrrole nitrogens is 1. The maximum atomic E-state index is 12.1. The molecule has 0 spiro atoms. The topological polar surface area (TPSA) is 98.4 Å². The molecule has 0 aliphatic heterocycles. The largest absolute Gasteiger partial charge is 0.465 e. The van der Waals surface area contributed by atoms with Crippen LogP contribution in [-0.4, -0.2) is 29.0 Å². The summed E-state index contributed by atoms with van der Waals surface area (Å²) in [5.41, 5.74) is 0.211. The minimum absolute atomic E-state index is 0.183. The van der Waals surface area contributed by atoms with E-state index in [2.05, 4.69) is 14.7 Å². The first-order valence-electron chi connectivity index (χ1n) is 7.56. The van der Waals surface area contributed by atoms with E-state index in [1.165, 1.54) is 42.7 Å². The predicted molar refractivity (Wildman–Crippen MR) is 96.9 cm³/mol. The highest BCUT2D eigenvalue weighted by Crippen LogP contribution is 2.12. The van der Waals surface area contributed by atoms with Crippen molar-refractivity contribution >= 4 is 40.3 Å². The fraction of sp³-hybridized carbons (Fsp3) is 0.111. The van der Waals surface area contributed by atoms with Crippen LogP contribution >= 0.6 is 11.3 Å². The lowest BCUT2D eigenvalue weighted by molar-refractivity contribution is -0.139. The van der Waals surface area contributed by atoms with Crippen molar-refractivity contribution in [3.8, 4) is 0 Å². The Labute approximate surface area is 151 Å². The normalized spacial score (nSPS) is 11.0. The van der Waals surface area contributed by atoms with Crippen LogP contribution in [0.15, 0.2) is 46.6 Å². The molecule has 0 radical (unpaired) electrons. The van der Waals surface area contributed by atoms with Crippen molar-refractivity contribution in [3.05, 3.63) is 68.4 Å². The minimum Gasteiger partial charge on any atom is -0.465 e. The molecule has 2 aromatic heterocycles. The lowest BCUT2D eigenvalue weighted by Crippen LogP contribution is -2.14. The van der Waals surface area contributed by atoms with E-state index in [1.807, 2.05) is 17.5 Å². The molecule has 132 valence electrons. The number of carbonyl (C=O) groups is 2. The monoisotopic (exact) mass is 370 g/mol. The fourth-order valence-electron chi connectivity index (χ4n) is 2.22. The Balaban J connectivity index is 1.76. The van der Waals surface area contributed by atoms with E-state index in [1.54, 1.807) is 6.08 Å². The molecule has 2 heterocycles. The Hall–Kier alpha value is -3.26. The number of nitrogens with one attached hydrogen (secondary N) is 1. The molecule has 0 unspecified atom stereocenters. The number of carbonyl (C=O) groups excluding carboxylic acids is 2. The number of methoxy groups -OCH3 is 1. The number of esters is 2. The van der Waals surface area contributed by atoms with Crippen LogP contribution in [0.3, 0.4) is 0 Å². The van der Waals surface area contributed by atoms with Crippen LogP contribution in [0.2, 0.25) is 0 Å².